The second-order valence-electron chi connectivity index (χ2n) is 5.32. The Kier molecular flexibility index (Phi) is 6.17. The summed E-state index contributed by atoms with van der Waals surface area (Å²) in [5.74, 6) is 1.67. The van der Waals surface area contributed by atoms with Crippen LogP contribution in [0.15, 0.2) is 16.6 Å². The zero-order valence-electron chi connectivity index (χ0n) is 12.4. The molecule has 2 rings (SSSR count). The van der Waals surface area contributed by atoms with Crippen molar-refractivity contribution in [2.45, 2.75) is 58.5 Å². The molecule has 0 aliphatic carbocycles. The Hall–Kier alpha value is -0.740. The van der Waals surface area contributed by atoms with Gasteiger partial charge in [0.05, 0.1) is 4.47 Å². The maximum atomic E-state index is 5.46. The van der Waals surface area contributed by atoms with Crippen molar-refractivity contribution in [3.63, 3.8) is 0 Å². The van der Waals surface area contributed by atoms with Crippen LogP contribution in [0.3, 0.4) is 0 Å². The first-order valence-electron chi connectivity index (χ1n) is 7.56. The van der Waals surface area contributed by atoms with Gasteiger partial charge >= 0.3 is 0 Å². The molecule has 0 aromatic heterocycles. The van der Waals surface area contributed by atoms with Crippen molar-refractivity contribution < 1.29 is 9.47 Å². The predicted octanol–water partition coefficient (Wildman–Crippen LogP) is 4.63. The first-order valence-corrected chi connectivity index (χ1v) is 8.35. The van der Waals surface area contributed by atoms with Gasteiger partial charge in [-0.25, -0.2) is 0 Å². The van der Waals surface area contributed by atoms with Crippen molar-refractivity contribution in [1.82, 2.24) is 5.32 Å². The van der Waals surface area contributed by atoms with E-state index in [2.05, 4.69) is 47.2 Å². The quantitative estimate of drug-likeness (QED) is 0.747. The fourth-order valence-corrected chi connectivity index (χ4v) is 3.14. The summed E-state index contributed by atoms with van der Waals surface area (Å²) >= 11 is 3.55. The molecule has 1 aliphatic heterocycles. The summed E-state index contributed by atoms with van der Waals surface area (Å²) in [4.78, 5) is 0. The second kappa shape index (κ2) is 7.89. The van der Waals surface area contributed by atoms with Gasteiger partial charge in [0.1, 0.15) is 0 Å². The third-order valence-electron chi connectivity index (χ3n) is 3.63. The van der Waals surface area contributed by atoms with Crippen LogP contribution in [0, 0.1) is 0 Å². The van der Waals surface area contributed by atoms with Crippen molar-refractivity contribution in [3.8, 4) is 11.5 Å². The minimum absolute atomic E-state index is 0.319. The molecule has 0 spiro atoms. The molecule has 0 bridgehead atoms. The van der Waals surface area contributed by atoms with Crippen LogP contribution < -0.4 is 14.8 Å². The minimum atomic E-state index is 0.319. The summed E-state index contributed by atoms with van der Waals surface area (Å²) in [5, 5.41) is 3.67. The van der Waals surface area contributed by atoms with Gasteiger partial charge in [0, 0.05) is 12.6 Å². The zero-order chi connectivity index (χ0) is 14.4. The lowest BCUT2D eigenvalue weighted by molar-refractivity contribution is 0.173. The number of nitrogens with one attached hydrogen (secondary N) is 1. The number of hydrogen-bond donors (Lipinski definition) is 1. The number of hydrogen-bond acceptors (Lipinski definition) is 3. The van der Waals surface area contributed by atoms with E-state index in [-0.39, 0.29) is 0 Å². The lowest BCUT2D eigenvalue weighted by atomic mass is 10.0. The highest BCUT2D eigenvalue weighted by atomic mass is 79.9. The van der Waals surface area contributed by atoms with Crippen LogP contribution in [0.2, 0.25) is 0 Å². The average molecular weight is 342 g/mol. The smallest absolute Gasteiger partial charge is 0.231 e. The van der Waals surface area contributed by atoms with Crippen LogP contribution in [0.5, 0.6) is 11.5 Å². The monoisotopic (exact) mass is 341 g/mol. The van der Waals surface area contributed by atoms with Gasteiger partial charge in [-0.05, 0) is 46.5 Å². The molecule has 0 saturated carbocycles. The first kappa shape index (κ1) is 15.6. The van der Waals surface area contributed by atoms with Gasteiger partial charge in [-0.15, -0.1) is 0 Å². The van der Waals surface area contributed by atoms with Crippen molar-refractivity contribution in [2.24, 2.45) is 0 Å². The van der Waals surface area contributed by atoms with E-state index >= 15 is 0 Å². The number of benzene rings is 1. The van der Waals surface area contributed by atoms with E-state index in [9.17, 15) is 0 Å². The Labute approximate surface area is 130 Å². The van der Waals surface area contributed by atoms with Crippen molar-refractivity contribution in [2.75, 3.05) is 6.79 Å². The van der Waals surface area contributed by atoms with Crippen LogP contribution in [-0.2, 0) is 6.54 Å². The number of halogens is 1. The maximum absolute atomic E-state index is 5.46. The average Bonchev–Trinajstić information content (AvgIpc) is 2.91. The number of ether oxygens (including phenoxy) is 2. The third-order valence-corrected chi connectivity index (χ3v) is 4.21. The lowest BCUT2D eigenvalue weighted by Crippen LogP contribution is -2.28. The molecule has 0 saturated heterocycles. The molecular formula is C16H24BrNO2. The molecule has 20 heavy (non-hydrogen) atoms. The van der Waals surface area contributed by atoms with Gasteiger partial charge in [0.25, 0.3) is 0 Å². The Morgan fingerprint density at radius 2 is 2.05 bits per heavy atom. The van der Waals surface area contributed by atoms with Gasteiger partial charge in [-0.1, -0.05) is 33.1 Å². The van der Waals surface area contributed by atoms with Gasteiger partial charge in [-0.3, -0.25) is 0 Å². The Morgan fingerprint density at radius 1 is 1.20 bits per heavy atom. The Balaban J connectivity index is 1.93. The Morgan fingerprint density at radius 3 is 2.80 bits per heavy atom. The summed E-state index contributed by atoms with van der Waals surface area (Å²) in [6.45, 7) is 5.69. The van der Waals surface area contributed by atoms with E-state index in [0.29, 0.717) is 12.8 Å². The van der Waals surface area contributed by atoms with Crippen LogP contribution in [0.25, 0.3) is 0 Å². The molecule has 1 aromatic rings. The standard InChI is InChI=1S/C16H24BrNO2/c1-3-5-7-13(6-4-2)18-10-12-8-14(17)16-15(9-12)19-11-20-16/h8-9,13,18H,3-7,10-11H2,1-2H3. The summed E-state index contributed by atoms with van der Waals surface area (Å²) in [6.07, 6.45) is 6.29. The zero-order valence-corrected chi connectivity index (χ0v) is 14.0. The van der Waals surface area contributed by atoms with E-state index in [1.807, 2.05) is 0 Å². The van der Waals surface area contributed by atoms with E-state index in [1.54, 1.807) is 0 Å². The minimum Gasteiger partial charge on any atom is -0.454 e. The molecule has 0 radical (unpaired) electrons. The molecule has 112 valence electrons. The van der Waals surface area contributed by atoms with E-state index in [0.717, 1.165) is 22.5 Å². The van der Waals surface area contributed by atoms with Crippen LogP contribution in [0.4, 0.5) is 0 Å². The van der Waals surface area contributed by atoms with E-state index < -0.39 is 0 Å². The molecule has 1 atom stereocenters. The number of fused-ring (bicyclic) bond motifs is 1. The molecule has 4 heteroatoms. The Bertz CT molecular complexity index is 437. The summed E-state index contributed by atoms with van der Waals surface area (Å²) < 4.78 is 11.8. The fourth-order valence-electron chi connectivity index (χ4n) is 2.53. The third kappa shape index (κ3) is 4.13. The molecular weight excluding hydrogens is 318 g/mol. The van der Waals surface area contributed by atoms with Crippen LogP contribution in [-0.4, -0.2) is 12.8 Å². The van der Waals surface area contributed by atoms with Crippen LogP contribution >= 0.6 is 15.9 Å². The largest absolute Gasteiger partial charge is 0.454 e. The van der Waals surface area contributed by atoms with Crippen molar-refractivity contribution >= 4 is 15.9 Å². The summed E-state index contributed by atoms with van der Waals surface area (Å²) in [6, 6.07) is 4.80. The highest BCUT2D eigenvalue weighted by molar-refractivity contribution is 9.10. The summed E-state index contributed by atoms with van der Waals surface area (Å²) in [7, 11) is 0. The van der Waals surface area contributed by atoms with Crippen molar-refractivity contribution in [3.05, 3.63) is 22.2 Å². The van der Waals surface area contributed by atoms with E-state index in [4.69, 9.17) is 9.47 Å². The number of rotatable bonds is 8. The lowest BCUT2D eigenvalue weighted by Gasteiger charge is -2.18. The van der Waals surface area contributed by atoms with Crippen molar-refractivity contribution in [1.29, 1.82) is 0 Å². The molecule has 3 nitrogen and oxygen atoms in total. The second-order valence-corrected chi connectivity index (χ2v) is 6.17. The predicted molar refractivity (Wildman–Crippen MR) is 85.3 cm³/mol. The molecule has 1 heterocycles. The number of unbranched alkanes of at least 4 members (excludes halogenated alkanes) is 1. The van der Waals surface area contributed by atoms with Gasteiger partial charge < -0.3 is 14.8 Å². The summed E-state index contributed by atoms with van der Waals surface area (Å²) in [5.41, 5.74) is 1.23. The SMILES string of the molecule is CCCCC(CCC)NCc1cc(Br)c2c(c1)OCO2. The fraction of sp³-hybridized carbons (Fsp3) is 0.625. The molecule has 1 N–H and O–H groups in total. The first-order chi connectivity index (χ1) is 9.74. The van der Waals surface area contributed by atoms with Gasteiger partial charge in [0.2, 0.25) is 6.79 Å². The molecule has 1 aromatic carbocycles. The molecule has 1 unspecified atom stereocenters. The highest BCUT2D eigenvalue weighted by Crippen LogP contribution is 2.39. The highest BCUT2D eigenvalue weighted by Gasteiger charge is 2.18. The molecule has 1 aliphatic rings. The molecule has 0 amide bonds. The normalized spacial score (nSPS) is 14.6. The van der Waals surface area contributed by atoms with Crippen LogP contribution in [0.1, 0.15) is 51.5 Å². The van der Waals surface area contributed by atoms with Gasteiger partial charge in [-0.2, -0.15) is 0 Å². The topological polar surface area (TPSA) is 30.5 Å². The van der Waals surface area contributed by atoms with E-state index in [1.165, 1.54) is 37.7 Å². The molecule has 0 fully saturated rings. The maximum Gasteiger partial charge on any atom is 0.231 e. The van der Waals surface area contributed by atoms with Gasteiger partial charge in [0.15, 0.2) is 11.5 Å².